The molecule has 0 bridgehead atoms. The summed E-state index contributed by atoms with van der Waals surface area (Å²) in [4.78, 5) is 12.9. The number of hydrogen-bond donors (Lipinski definition) is 0. The third-order valence-electron chi connectivity index (χ3n) is 2.53. The van der Waals surface area contributed by atoms with E-state index in [1.54, 1.807) is 11.3 Å². The fraction of sp³-hybridized carbons (Fsp3) is 0.583. The van der Waals surface area contributed by atoms with E-state index in [0.717, 1.165) is 24.1 Å². The van der Waals surface area contributed by atoms with Crippen LogP contribution in [-0.2, 0) is 0 Å². The first-order chi connectivity index (χ1) is 6.79. The lowest BCUT2D eigenvalue weighted by Crippen LogP contribution is -2.12. The zero-order chi connectivity index (χ0) is 10.4. The van der Waals surface area contributed by atoms with E-state index in [9.17, 15) is 4.79 Å². The van der Waals surface area contributed by atoms with E-state index in [1.165, 1.54) is 6.42 Å². The molecule has 0 N–H and O–H groups in total. The number of rotatable bonds is 6. The second-order valence-corrected chi connectivity index (χ2v) is 4.54. The van der Waals surface area contributed by atoms with Gasteiger partial charge in [-0.3, -0.25) is 4.79 Å². The summed E-state index contributed by atoms with van der Waals surface area (Å²) in [6.45, 7) is 4.27. The Morgan fingerprint density at radius 3 is 2.79 bits per heavy atom. The number of Topliss-reactive ketones (excluding diaryl/α,β-unsaturated/α-hetero) is 1. The summed E-state index contributed by atoms with van der Waals surface area (Å²) in [5, 5.41) is 1.97. The van der Waals surface area contributed by atoms with Gasteiger partial charge in [0.25, 0.3) is 0 Å². The standard InChI is InChI=1S/C12H18OS/c1-3-5-7-10(4-2)12(13)11-8-6-9-14-11/h6,8-10H,3-5,7H2,1-2H3. The van der Waals surface area contributed by atoms with Crippen molar-refractivity contribution in [1.82, 2.24) is 0 Å². The average Bonchev–Trinajstić information content (AvgIpc) is 2.71. The van der Waals surface area contributed by atoms with Gasteiger partial charge >= 0.3 is 0 Å². The van der Waals surface area contributed by atoms with Crippen LogP contribution in [0.5, 0.6) is 0 Å². The van der Waals surface area contributed by atoms with Gasteiger partial charge in [-0.1, -0.05) is 32.8 Å². The number of carbonyl (C=O) groups excluding carboxylic acids is 1. The number of unbranched alkanes of at least 4 members (excludes halogenated alkanes) is 1. The van der Waals surface area contributed by atoms with Crippen molar-refractivity contribution < 1.29 is 4.79 Å². The summed E-state index contributed by atoms with van der Waals surface area (Å²) >= 11 is 1.56. The Hall–Kier alpha value is -0.630. The Bertz CT molecular complexity index is 264. The lowest BCUT2D eigenvalue weighted by Gasteiger charge is -2.11. The van der Waals surface area contributed by atoms with Gasteiger partial charge in [-0.25, -0.2) is 0 Å². The van der Waals surface area contributed by atoms with E-state index in [1.807, 2.05) is 17.5 Å². The van der Waals surface area contributed by atoms with Crippen molar-refractivity contribution in [2.75, 3.05) is 0 Å². The Kier molecular flexibility index (Phi) is 4.88. The van der Waals surface area contributed by atoms with E-state index in [4.69, 9.17) is 0 Å². The number of ketones is 1. The van der Waals surface area contributed by atoms with Crippen LogP contribution in [0.15, 0.2) is 17.5 Å². The van der Waals surface area contributed by atoms with Gasteiger partial charge in [-0.15, -0.1) is 11.3 Å². The molecule has 0 aliphatic carbocycles. The highest BCUT2D eigenvalue weighted by Crippen LogP contribution is 2.21. The molecule has 0 aromatic carbocycles. The largest absolute Gasteiger partial charge is 0.293 e. The molecule has 14 heavy (non-hydrogen) atoms. The van der Waals surface area contributed by atoms with Gasteiger partial charge in [0.05, 0.1) is 4.88 Å². The van der Waals surface area contributed by atoms with E-state index in [2.05, 4.69) is 13.8 Å². The Labute approximate surface area is 90.2 Å². The van der Waals surface area contributed by atoms with Crippen LogP contribution in [0, 0.1) is 5.92 Å². The zero-order valence-electron chi connectivity index (χ0n) is 8.95. The zero-order valence-corrected chi connectivity index (χ0v) is 9.77. The van der Waals surface area contributed by atoms with Crippen LogP contribution in [0.1, 0.15) is 49.2 Å². The van der Waals surface area contributed by atoms with Gasteiger partial charge in [0.15, 0.2) is 5.78 Å². The molecule has 1 nitrogen and oxygen atoms in total. The van der Waals surface area contributed by atoms with Crippen LogP contribution in [0.2, 0.25) is 0 Å². The molecular formula is C12H18OS. The lowest BCUT2D eigenvalue weighted by atomic mass is 9.94. The van der Waals surface area contributed by atoms with Crippen molar-refractivity contribution in [1.29, 1.82) is 0 Å². The first-order valence-corrected chi connectivity index (χ1v) is 6.25. The number of carbonyl (C=O) groups is 1. The van der Waals surface area contributed by atoms with E-state index < -0.39 is 0 Å². The van der Waals surface area contributed by atoms with Crippen LogP contribution in [0.4, 0.5) is 0 Å². The van der Waals surface area contributed by atoms with E-state index in [0.29, 0.717) is 5.78 Å². The second-order valence-electron chi connectivity index (χ2n) is 3.59. The van der Waals surface area contributed by atoms with Gasteiger partial charge in [0.2, 0.25) is 0 Å². The van der Waals surface area contributed by atoms with Crippen LogP contribution in [0.25, 0.3) is 0 Å². The normalized spacial score (nSPS) is 12.7. The predicted molar refractivity (Wildman–Crippen MR) is 62.0 cm³/mol. The molecule has 1 aromatic heterocycles. The van der Waals surface area contributed by atoms with Gasteiger partial charge in [-0.05, 0) is 24.3 Å². The molecule has 0 spiro atoms. The molecule has 0 radical (unpaired) electrons. The molecule has 78 valence electrons. The molecule has 1 heterocycles. The molecule has 1 rings (SSSR count). The molecule has 0 saturated heterocycles. The topological polar surface area (TPSA) is 17.1 Å². The molecule has 0 amide bonds. The summed E-state index contributed by atoms with van der Waals surface area (Å²) in [5.41, 5.74) is 0. The summed E-state index contributed by atoms with van der Waals surface area (Å²) in [6.07, 6.45) is 4.35. The molecule has 1 atom stereocenters. The fourth-order valence-electron chi connectivity index (χ4n) is 1.59. The molecular weight excluding hydrogens is 192 g/mol. The molecule has 0 saturated carbocycles. The molecule has 2 heteroatoms. The molecule has 0 aliphatic rings. The van der Waals surface area contributed by atoms with Crippen molar-refractivity contribution in [3.05, 3.63) is 22.4 Å². The summed E-state index contributed by atoms with van der Waals surface area (Å²) in [6, 6.07) is 3.88. The maximum Gasteiger partial charge on any atom is 0.175 e. The smallest absolute Gasteiger partial charge is 0.175 e. The van der Waals surface area contributed by atoms with Crippen molar-refractivity contribution in [3.8, 4) is 0 Å². The Balaban J connectivity index is 2.56. The minimum Gasteiger partial charge on any atom is -0.293 e. The first-order valence-electron chi connectivity index (χ1n) is 5.37. The highest BCUT2D eigenvalue weighted by atomic mass is 32.1. The van der Waals surface area contributed by atoms with Crippen molar-refractivity contribution in [2.24, 2.45) is 5.92 Å². The van der Waals surface area contributed by atoms with E-state index in [-0.39, 0.29) is 5.92 Å². The first kappa shape index (κ1) is 11.4. The predicted octanol–water partition coefficient (Wildman–Crippen LogP) is 4.15. The van der Waals surface area contributed by atoms with Crippen LogP contribution < -0.4 is 0 Å². The summed E-state index contributed by atoms with van der Waals surface area (Å²) in [7, 11) is 0. The summed E-state index contributed by atoms with van der Waals surface area (Å²) < 4.78 is 0. The lowest BCUT2D eigenvalue weighted by molar-refractivity contribution is 0.0912. The Morgan fingerprint density at radius 1 is 1.50 bits per heavy atom. The maximum atomic E-state index is 12.0. The molecule has 1 unspecified atom stereocenters. The minimum absolute atomic E-state index is 0.244. The van der Waals surface area contributed by atoms with Crippen molar-refractivity contribution in [3.63, 3.8) is 0 Å². The third-order valence-corrected chi connectivity index (χ3v) is 3.42. The molecule has 0 aliphatic heterocycles. The quantitative estimate of drug-likeness (QED) is 0.645. The third kappa shape index (κ3) is 2.95. The maximum absolute atomic E-state index is 12.0. The molecule has 0 fully saturated rings. The van der Waals surface area contributed by atoms with Crippen LogP contribution in [-0.4, -0.2) is 5.78 Å². The van der Waals surface area contributed by atoms with Crippen LogP contribution in [0.3, 0.4) is 0 Å². The average molecular weight is 210 g/mol. The highest BCUT2D eigenvalue weighted by molar-refractivity contribution is 7.12. The SMILES string of the molecule is CCCCC(CC)C(=O)c1cccs1. The summed E-state index contributed by atoms with van der Waals surface area (Å²) in [5.74, 6) is 0.588. The van der Waals surface area contributed by atoms with Gasteiger partial charge in [-0.2, -0.15) is 0 Å². The van der Waals surface area contributed by atoms with Crippen molar-refractivity contribution >= 4 is 17.1 Å². The Morgan fingerprint density at radius 2 is 2.29 bits per heavy atom. The van der Waals surface area contributed by atoms with Gasteiger partial charge in [0, 0.05) is 5.92 Å². The number of hydrogen-bond acceptors (Lipinski definition) is 2. The molecule has 1 aromatic rings. The monoisotopic (exact) mass is 210 g/mol. The van der Waals surface area contributed by atoms with Gasteiger partial charge < -0.3 is 0 Å². The number of thiophene rings is 1. The minimum atomic E-state index is 0.244. The second kappa shape index (κ2) is 5.97. The highest BCUT2D eigenvalue weighted by Gasteiger charge is 2.17. The van der Waals surface area contributed by atoms with Gasteiger partial charge in [0.1, 0.15) is 0 Å². The van der Waals surface area contributed by atoms with Crippen molar-refractivity contribution in [2.45, 2.75) is 39.5 Å². The van der Waals surface area contributed by atoms with E-state index >= 15 is 0 Å². The van der Waals surface area contributed by atoms with Crippen LogP contribution >= 0.6 is 11.3 Å². The fourth-order valence-corrected chi connectivity index (χ4v) is 2.33.